The van der Waals surface area contributed by atoms with Crippen molar-refractivity contribution in [2.45, 2.75) is 45.1 Å². The number of aromatic nitrogens is 2. The van der Waals surface area contributed by atoms with Gasteiger partial charge in [0, 0.05) is 37.1 Å². The van der Waals surface area contributed by atoms with E-state index in [0.29, 0.717) is 63.5 Å². The van der Waals surface area contributed by atoms with Crippen LogP contribution in [0.4, 0.5) is 18.7 Å². The second-order valence-corrected chi connectivity index (χ2v) is 13.5. The Morgan fingerprint density at radius 3 is 2.35 bits per heavy atom. The van der Waals surface area contributed by atoms with E-state index >= 15 is 0 Å². The number of halogens is 2. The first-order valence-electron chi connectivity index (χ1n) is 16.6. The zero-order valence-corrected chi connectivity index (χ0v) is 29.7. The number of ether oxygens (including phenoxy) is 2. The first kappa shape index (κ1) is 37.6. The summed E-state index contributed by atoms with van der Waals surface area (Å²) in [4.78, 5) is 48.4. The molecule has 2 aromatic carbocycles. The van der Waals surface area contributed by atoms with Crippen molar-refractivity contribution in [2.24, 2.45) is 0 Å². The Bertz CT molecular complexity index is 1780. The van der Waals surface area contributed by atoms with Crippen LogP contribution in [-0.2, 0) is 14.3 Å². The van der Waals surface area contributed by atoms with Gasteiger partial charge >= 0.3 is 6.09 Å². The Morgan fingerprint density at radius 1 is 0.980 bits per heavy atom. The van der Waals surface area contributed by atoms with E-state index in [1.54, 1.807) is 10.9 Å². The largest absolute Gasteiger partial charge is 0.480 e. The normalized spacial score (nSPS) is 13.4. The summed E-state index contributed by atoms with van der Waals surface area (Å²) in [6, 6.07) is 9.12. The second kappa shape index (κ2) is 18.5. The van der Waals surface area contributed by atoms with Crippen LogP contribution in [0, 0.1) is 18.6 Å². The first-order valence-corrected chi connectivity index (χ1v) is 18.4. The number of carbonyl (C=O) groups excluding carboxylic acids is 2. The zero-order chi connectivity index (χ0) is 36.2. The number of hydrogen-bond donors (Lipinski definition) is 4. The number of thiazole rings is 2. The van der Waals surface area contributed by atoms with Crippen molar-refractivity contribution in [1.29, 1.82) is 0 Å². The SMILES string of the molecule is Cc1ncsc1-c1ccc([C@H](CC(=O)NCCCCCCNC(=O)COc2c(-c3csc(N4CCOCC4)n3)ccc(F)c2F)NC(=O)O)cc1. The Kier molecular flexibility index (Phi) is 13.7. The molecule has 0 unspecified atom stereocenters. The molecule has 12 nitrogen and oxygen atoms in total. The van der Waals surface area contributed by atoms with Crippen molar-refractivity contribution >= 4 is 45.7 Å². The highest BCUT2D eigenvalue weighted by molar-refractivity contribution is 7.14. The molecule has 51 heavy (non-hydrogen) atoms. The van der Waals surface area contributed by atoms with E-state index < -0.39 is 36.3 Å². The van der Waals surface area contributed by atoms with Crippen LogP contribution in [0.5, 0.6) is 5.75 Å². The molecule has 0 spiro atoms. The van der Waals surface area contributed by atoms with Gasteiger partial charge in [0.1, 0.15) is 0 Å². The summed E-state index contributed by atoms with van der Waals surface area (Å²) in [5.41, 5.74) is 5.04. The number of unbranched alkanes of at least 4 members (excludes halogenated alkanes) is 3. The first-order chi connectivity index (χ1) is 24.7. The quantitative estimate of drug-likeness (QED) is 0.0965. The summed E-state index contributed by atoms with van der Waals surface area (Å²) >= 11 is 2.91. The number of aryl methyl sites for hydroxylation is 1. The Labute approximate surface area is 302 Å². The molecule has 0 bridgehead atoms. The summed E-state index contributed by atoms with van der Waals surface area (Å²) in [7, 11) is 0. The number of carboxylic acid groups (broad SMARTS) is 1. The molecule has 1 saturated heterocycles. The van der Waals surface area contributed by atoms with Gasteiger partial charge in [-0.15, -0.1) is 22.7 Å². The van der Waals surface area contributed by atoms with Gasteiger partial charge in [0.05, 0.1) is 47.5 Å². The summed E-state index contributed by atoms with van der Waals surface area (Å²) in [6.45, 7) is 4.77. The number of rotatable bonds is 17. The van der Waals surface area contributed by atoms with Crippen molar-refractivity contribution in [3.63, 3.8) is 0 Å². The van der Waals surface area contributed by atoms with Gasteiger partial charge in [-0.1, -0.05) is 37.1 Å². The minimum atomic E-state index is -1.21. The van der Waals surface area contributed by atoms with Crippen LogP contribution < -0.4 is 25.6 Å². The summed E-state index contributed by atoms with van der Waals surface area (Å²) in [5, 5.41) is 19.8. The van der Waals surface area contributed by atoms with Gasteiger partial charge in [0.15, 0.2) is 23.3 Å². The fourth-order valence-corrected chi connectivity index (χ4v) is 7.21. The monoisotopic (exact) mass is 742 g/mol. The van der Waals surface area contributed by atoms with Crippen molar-refractivity contribution in [1.82, 2.24) is 25.9 Å². The predicted octanol–water partition coefficient (Wildman–Crippen LogP) is 5.93. The molecular formula is C35H40F2N6O6S2. The van der Waals surface area contributed by atoms with Crippen LogP contribution in [-0.4, -0.2) is 79.0 Å². The molecule has 1 atom stereocenters. The number of nitrogens with one attached hydrogen (secondary N) is 3. The molecule has 1 fully saturated rings. The van der Waals surface area contributed by atoms with Crippen LogP contribution in [0.2, 0.25) is 0 Å². The van der Waals surface area contributed by atoms with Crippen LogP contribution in [0.1, 0.15) is 49.4 Å². The van der Waals surface area contributed by atoms with Gasteiger partial charge in [-0.3, -0.25) is 9.59 Å². The van der Waals surface area contributed by atoms with Crippen molar-refractivity contribution in [2.75, 3.05) is 50.9 Å². The van der Waals surface area contributed by atoms with E-state index in [0.717, 1.165) is 40.2 Å². The fraction of sp³-hybridized carbons (Fsp3) is 0.400. The minimum absolute atomic E-state index is 0.0421. The third-order valence-electron chi connectivity index (χ3n) is 8.20. The molecule has 2 aromatic heterocycles. The van der Waals surface area contributed by atoms with Crippen molar-refractivity contribution in [3.05, 3.63) is 70.2 Å². The van der Waals surface area contributed by atoms with E-state index in [2.05, 4.69) is 30.8 Å². The van der Waals surface area contributed by atoms with E-state index in [-0.39, 0.29) is 23.6 Å². The van der Waals surface area contributed by atoms with Gasteiger partial charge < -0.3 is 35.4 Å². The Balaban J connectivity index is 0.989. The third kappa shape index (κ3) is 10.7. The molecule has 3 heterocycles. The molecule has 0 aliphatic carbocycles. The maximum absolute atomic E-state index is 14.8. The number of amides is 3. The second-order valence-electron chi connectivity index (χ2n) is 11.9. The number of carbonyl (C=O) groups is 3. The molecule has 5 rings (SSSR count). The molecule has 16 heteroatoms. The topological polar surface area (TPSA) is 155 Å². The van der Waals surface area contributed by atoms with E-state index in [4.69, 9.17) is 9.47 Å². The maximum atomic E-state index is 14.8. The van der Waals surface area contributed by atoms with Crippen molar-refractivity contribution < 1.29 is 37.7 Å². The highest BCUT2D eigenvalue weighted by Crippen LogP contribution is 2.36. The molecule has 0 saturated carbocycles. The average molecular weight is 743 g/mol. The molecule has 3 amide bonds. The van der Waals surface area contributed by atoms with Crippen LogP contribution >= 0.6 is 22.7 Å². The van der Waals surface area contributed by atoms with E-state index in [1.807, 2.05) is 31.2 Å². The van der Waals surface area contributed by atoms with Gasteiger partial charge in [-0.25, -0.2) is 19.2 Å². The molecule has 1 aliphatic heterocycles. The highest BCUT2D eigenvalue weighted by Gasteiger charge is 2.22. The number of nitrogens with zero attached hydrogens (tertiary/aromatic N) is 3. The molecule has 4 N–H and O–H groups in total. The van der Waals surface area contributed by atoms with Crippen molar-refractivity contribution in [3.8, 4) is 27.4 Å². The summed E-state index contributed by atoms with van der Waals surface area (Å²) in [5.74, 6) is -3.37. The lowest BCUT2D eigenvalue weighted by Crippen LogP contribution is -2.36. The number of benzene rings is 2. The highest BCUT2D eigenvalue weighted by atomic mass is 32.1. The number of morpholine rings is 1. The van der Waals surface area contributed by atoms with Crippen LogP contribution in [0.25, 0.3) is 21.7 Å². The Morgan fingerprint density at radius 2 is 1.69 bits per heavy atom. The van der Waals surface area contributed by atoms with Gasteiger partial charge in [-0.05, 0) is 43.0 Å². The summed E-state index contributed by atoms with van der Waals surface area (Å²) < 4.78 is 39.7. The smallest absolute Gasteiger partial charge is 0.405 e. The van der Waals surface area contributed by atoms with Crippen LogP contribution in [0.3, 0.4) is 0 Å². The third-order valence-corrected chi connectivity index (χ3v) is 10.1. The lowest BCUT2D eigenvalue weighted by Gasteiger charge is -2.26. The van der Waals surface area contributed by atoms with E-state index in [9.17, 15) is 28.3 Å². The predicted molar refractivity (Wildman–Crippen MR) is 191 cm³/mol. The number of hydrogen-bond acceptors (Lipinski definition) is 10. The molecule has 0 radical (unpaired) electrons. The Hall–Kier alpha value is -4.67. The molecule has 1 aliphatic rings. The molecule has 272 valence electrons. The fourth-order valence-electron chi connectivity index (χ4n) is 5.52. The standard InChI is InChI=1S/C35H40F2N6O6S2/c1-22-33(51-21-40-22)24-8-6-23(7-9-24)27(42-35(46)47)18-29(44)38-12-4-2-3-5-13-39-30(45)19-49-32-25(10-11-26(36)31(32)37)28-20-50-34(41-28)43-14-16-48-17-15-43/h6-11,20-21,27,42H,2-5,12-19H2,1H3,(H,38,44)(H,39,45)(H,46,47)/t27-/m0/s1. The van der Waals surface area contributed by atoms with Gasteiger partial charge in [0.2, 0.25) is 11.7 Å². The minimum Gasteiger partial charge on any atom is -0.480 e. The van der Waals surface area contributed by atoms with E-state index in [1.165, 1.54) is 28.7 Å². The van der Waals surface area contributed by atoms with Gasteiger partial charge in [0.25, 0.3) is 5.91 Å². The number of anilines is 1. The zero-order valence-electron chi connectivity index (χ0n) is 28.1. The maximum Gasteiger partial charge on any atom is 0.405 e. The molecule has 4 aromatic rings. The molecular weight excluding hydrogens is 703 g/mol. The lowest BCUT2D eigenvalue weighted by molar-refractivity contribution is -0.123. The average Bonchev–Trinajstić information content (AvgIpc) is 3.79. The van der Waals surface area contributed by atoms with Gasteiger partial charge in [-0.2, -0.15) is 4.39 Å². The van der Waals surface area contributed by atoms with Crippen LogP contribution in [0.15, 0.2) is 47.3 Å². The lowest BCUT2D eigenvalue weighted by atomic mass is 10.0. The summed E-state index contributed by atoms with van der Waals surface area (Å²) in [6.07, 6.45) is 1.69.